The summed E-state index contributed by atoms with van der Waals surface area (Å²) in [5.74, 6) is -2.76. The lowest BCUT2D eigenvalue weighted by Gasteiger charge is -2.09. The van der Waals surface area contributed by atoms with Crippen molar-refractivity contribution >= 4 is 213 Å². The molecule has 7 N–H and O–H groups in total. The van der Waals surface area contributed by atoms with Gasteiger partial charge in [0.1, 0.15) is 11.3 Å². The van der Waals surface area contributed by atoms with Crippen molar-refractivity contribution in [1.82, 2.24) is 19.9 Å². The van der Waals surface area contributed by atoms with E-state index in [0.29, 0.717) is 40.9 Å². The molecule has 4 heterocycles. The number of H-pyrrole nitrogens is 2. The number of nitrogens with zero attached hydrogens (tertiary/aromatic N) is 3. The molecule has 24 nitrogen and oxygen atoms in total. The number of fused-ring (bicyclic) bond motifs is 2. The fourth-order valence-corrected chi connectivity index (χ4v) is 13.1. The van der Waals surface area contributed by atoms with E-state index in [2.05, 4.69) is 63.4 Å². The standard InChI is InChI=1S/C23H19Cl2N3O3S.C13H9ClN2.C10H11Cl2NO3S.C10H12ClNO4S.C7H4ClNO4.C2Cl2O2/c1-2-7-32(30,31)28-19-9-15(8-18(25)11-19)22(29)21-13-27-23-20(21)10-16(12-26-23)14-3-5-17(24)6-4-14;14-12-3-1-9(2-4-12)11-7-10-5-6-15-13(10)16-8-11;1-2-3-17(15,16)13-9-5-7(10(12)14)4-8(11)6-9;1-2-3-17(15,16)12-9-5-7(10(13)14)4-8(11)6-9;8-5-1-4(7(10)11)2-6(3-5)9(12)13;3-1(5)2(4)6/h3-6,8-13,28H,2,7H2,1H3,(H,26,27);1-8H,(H,15,16);4-6,13H,2-3H2,1H3;4-6,12H,2-3H2,1H3,(H,13,14);1-3H,(H,10,11);. The molecule has 0 unspecified atom stereocenters. The van der Waals surface area contributed by atoms with Crippen LogP contribution in [0.3, 0.4) is 0 Å². The highest BCUT2D eigenvalue weighted by atomic mass is 35.5. The third-order valence-corrected chi connectivity index (χ3v) is 19.2. The maximum Gasteiger partial charge on any atom is 0.335 e. The van der Waals surface area contributed by atoms with Gasteiger partial charge in [0, 0.05) is 106 Å². The number of carboxylic acid groups (broad SMARTS) is 2. The molecule has 4 aromatic heterocycles. The number of aromatic carboxylic acids is 2. The lowest BCUT2D eigenvalue weighted by Crippen LogP contribution is -2.16. The van der Waals surface area contributed by atoms with E-state index in [4.69, 9.17) is 91.4 Å². The lowest BCUT2D eigenvalue weighted by molar-refractivity contribution is -0.384. The van der Waals surface area contributed by atoms with Crippen LogP contribution in [0.4, 0.5) is 22.7 Å². The molecule has 10 aromatic rings. The Labute approximate surface area is 622 Å². The number of aromatic amines is 2. The number of carboxylic acids is 2. The summed E-state index contributed by atoms with van der Waals surface area (Å²) in [5.41, 5.74) is 6.33. The van der Waals surface area contributed by atoms with Gasteiger partial charge in [0.05, 0.1) is 50.4 Å². The largest absolute Gasteiger partial charge is 0.478 e. The molecule has 0 radical (unpaired) electrons. The Kier molecular flexibility index (Phi) is 31.8. The number of nitro benzene ring substituents is 1. The molecule has 6 aromatic carbocycles. The van der Waals surface area contributed by atoms with Crippen molar-refractivity contribution in [3.8, 4) is 22.3 Å². The van der Waals surface area contributed by atoms with Crippen LogP contribution in [0, 0.1) is 10.1 Å². The number of ketones is 1. The Morgan fingerprint density at radius 3 is 1.27 bits per heavy atom. The number of sulfonamides is 3. The highest BCUT2D eigenvalue weighted by Gasteiger charge is 2.20. The minimum Gasteiger partial charge on any atom is -0.478 e. The highest BCUT2D eigenvalue weighted by molar-refractivity contribution is 7.93. The topological polar surface area (TPSA) is 382 Å². The molecule has 0 bridgehead atoms. The Hall–Kier alpha value is -8.42. The maximum absolute atomic E-state index is 13.3. The zero-order valence-corrected chi connectivity index (χ0v) is 61.7. The van der Waals surface area contributed by atoms with Gasteiger partial charge in [-0.25, -0.2) is 44.8 Å². The van der Waals surface area contributed by atoms with Gasteiger partial charge >= 0.3 is 22.4 Å². The molecule has 532 valence electrons. The van der Waals surface area contributed by atoms with Crippen LogP contribution < -0.4 is 14.2 Å². The van der Waals surface area contributed by atoms with Gasteiger partial charge in [-0.05, 0) is 168 Å². The first-order valence-electron chi connectivity index (χ1n) is 28.8. The van der Waals surface area contributed by atoms with E-state index in [0.717, 1.165) is 56.5 Å². The van der Waals surface area contributed by atoms with Gasteiger partial charge in [0.15, 0.2) is 5.78 Å². The number of benzene rings is 6. The molecule has 10 rings (SSSR count). The molecule has 36 heteroatoms. The average Bonchev–Trinajstić information content (AvgIpc) is 1.68. The zero-order valence-electron chi connectivity index (χ0n) is 52.4. The summed E-state index contributed by atoms with van der Waals surface area (Å²) in [6.45, 7) is 5.26. The molecular formula is C65H55Cl9N8O16S3. The van der Waals surface area contributed by atoms with Crippen LogP contribution in [0.25, 0.3) is 44.3 Å². The summed E-state index contributed by atoms with van der Waals surface area (Å²) in [6.07, 6.45) is 8.51. The summed E-state index contributed by atoms with van der Waals surface area (Å²) < 4.78 is 77.4. The van der Waals surface area contributed by atoms with Gasteiger partial charge in [0.25, 0.3) is 10.9 Å². The van der Waals surface area contributed by atoms with Gasteiger partial charge in [0.2, 0.25) is 30.1 Å². The predicted octanol–water partition coefficient (Wildman–Crippen LogP) is 17.3. The van der Waals surface area contributed by atoms with Crippen molar-refractivity contribution in [1.29, 1.82) is 0 Å². The molecule has 0 atom stereocenters. The predicted molar refractivity (Wildman–Crippen MR) is 398 cm³/mol. The number of rotatable bonds is 21. The minimum absolute atomic E-state index is 0.00364. The van der Waals surface area contributed by atoms with Crippen molar-refractivity contribution in [2.45, 2.75) is 40.0 Å². The van der Waals surface area contributed by atoms with Crippen LogP contribution in [-0.4, -0.2) is 111 Å². The minimum atomic E-state index is -3.52. The first-order valence-corrected chi connectivity index (χ1v) is 37.2. The second-order valence-electron chi connectivity index (χ2n) is 20.6. The number of non-ortho nitro benzene ring substituents is 1. The number of hydrogen-bond acceptors (Lipinski definition) is 16. The van der Waals surface area contributed by atoms with Gasteiger partial charge in [-0.2, -0.15) is 0 Å². The fourth-order valence-electron chi connectivity index (χ4n) is 8.50. The number of aromatic nitrogens is 4. The average molecular weight is 1620 g/mol. The van der Waals surface area contributed by atoms with Crippen LogP contribution in [-0.2, 0) is 39.7 Å². The number of carbonyl (C=O) groups is 6. The Morgan fingerprint density at radius 1 is 0.465 bits per heavy atom. The van der Waals surface area contributed by atoms with Crippen LogP contribution in [0.2, 0.25) is 30.1 Å². The molecule has 0 aliphatic heterocycles. The first-order chi connectivity index (χ1) is 47.4. The summed E-state index contributed by atoms with van der Waals surface area (Å²) in [7, 11) is -10.4. The molecule has 0 saturated carbocycles. The van der Waals surface area contributed by atoms with Crippen molar-refractivity contribution < 1.29 is 69.2 Å². The van der Waals surface area contributed by atoms with Gasteiger partial charge in [-0.1, -0.05) is 115 Å². The SMILES string of the molecule is CCCS(=O)(=O)Nc1cc(Cl)cc(C(=O)Cl)c1.CCCS(=O)(=O)Nc1cc(Cl)cc(C(=O)O)c1.CCCS(=O)(=O)Nc1cc(Cl)cc(C(=O)c2c[nH]c3ncc(-c4ccc(Cl)cc4)cc23)c1.Clc1ccc(-c2cnc3[nH]ccc3c2)cc1.O=C(Cl)C(=O)Cl.O=C(O)c1cc(Cl)cc([N+](=O)[O-])c1. The number of carbonyl (C=O) groups excluding carboxylic acids is 4. The number of nitrogens with one attached hydrogen (secondary N) is 5. The van der Waals surface area contributed by atoms with E-state index in [1.165, 1.54) is 54.6 Å². The number of halogens is 9. The third-order valence-electron chi connectivity index (χ3n) is 12.7. The van der Waals surface area contributed by atoms with E-state index >= 15 is 0 Å². The summed E-state index contributed by atoms with van der Waals surface area (Å²) >= 11 is 49.2. The normalized spacial score (nSPS) is 10.9. The molecule has 101 heavy (non-hydrogen) atoms. The number of hydrogen-bond donors (Lipinski definition) is 7. The Morgan fingerprint density at radius 2 is 0.851 bits per heavy atom. The van der Waals surface area contributed by atoms with E-state index in [1.54, 1.807) is 45.3 Å². The van der Waals surface area contributed by atoms with Crippen molar-refractivity contribution in [3.05, 3.63) is 232 Å². The van der Waals surface area contributed by atoms with E-state index < -0.39 is 62.7 Å². The van der Waals surface area contributed by atoms with E-state index in [1.807, 2.05) is 60.9 Å². The highest BCUT2D eigenvalue weighted by Crippen LogP contribution is 2.31. The molecule has 0 aliphatic rings. The molecule has 0 aliphatic carbocycles. The van der Waals surface area contributed by atoms with E-state index in [9.17, 15) is 64.1 Å². The second kappa shape index (κ2) is 38.6. The van der Waals surface area contributed by atoms with Crippen LogP contribution in [0.15, 0.2) is 164 Å². The molecule has 0 spiro atoms. The quantitative estimate of drug-likeness (QED) is 0.0115. The van der Waals surface area contributed by atoms with Gasteiger partial charge in [-0.15, -0.1) is 0 Å². The second-order valence-corrected chi connectivity index (χ2v) is 29.8. The zero-order chi connectivity index (χ0) is 75.1. The molecule has 0 saturated heterocycles. The number of nitro groups is 1. The fraction of sp³-hybridized carbons (Fsp3) is 0.138. The smallest absolute Gasteiger partial charge is 0.335 e. The molecular weight excluding hydrogens is 1560 g/mol. The van der Waals surface area contributed by atoms with Crippen molar-refractivity contribution in [2.24, 2.45) is 0 Å². The van der Waals surface area contributed by atoms with Gasteiger partial charge in [-0.3, -0.25) is 43.5 Å². The Balaban J connectivity index is 0.000000232. The number of pyridine rings is 2. The summed E-state index contributed by atoms with van der Waals surface area (Å²) in [4.78, 5) is 88.8. The van der Waals surface area contributed by atoms with Crippen LogP contribution in [0.5, 0.6) is 0 Å². The van der Waals surface area contributed by atoms with Gasteiger partial charge < -0.3 is 20.2 Å². The van der Waals surface area contributed by atoms with Crippen molar-refractivity contribution in [3.63, 3.8) is 0 Å². The van der Waals surface area contributed by atoms with E-state index in [-0.39, 0.29) is 88.1 Å². The van der Waals surface area contributed by atoms with Crippen LogP contribution >= 0.6 is 104 Å². The number of anilines is 3. The first kappa shape index (κ1) is 83.2. The summed E-state index contributed by atoms with van der Waals surface area (Å²) in [5, 5.41) is 28.5. The Bertz CT molecular complexity index is 4910. The molecule has 0 fully saturated rings. The maximum atomic E-state index is 13.3. The monoisotopic (exact) mass is 1610 g/mol. The van der Waals surface area contributed by atoms with Crippen molar-refractivity contribution in [2.75, 3.05) is 31.4 Å². The lowest BCUT2D eigenvalue weighted by atomic mass is 10.0. The van der Waals surface area contributed by atoms with Crippen LogP contribution in [0.1, 0.15) is 87.0 Å². The summed E-state index contributed by atoms with van der Waals surface area (Å²) in [6, 6.07) is 36.7. The third kappa shape index (κ3) is 27.5. The molecule has 0 amide bonds.